The lowest BCUT2D eigenvalue weighted by Crippen LogP contribution is -2.24. The normalized spacial score (nSPS) is 14.9. The van der Waals surface area contributed by atoms with Gasteiger partial charge in [0.25, 0.3) is 0 Å². The van der Waals surface area contributed by atoms with Crippen LogP contribution in [0.1, 0.15) is 40.0 Å². The van der Waals surface area contributed by atoms with E-state index in [0.29, 0.717) is 55.1 Å². The fourth-order valence-electron chi connectivity index (χ4n) is 5.05. The van der Waals surface area contributed by atoms with Crippen LogP contribution in [-0.4, -0.2) is 41.8 Å². The zero-order chi connectivity index (χ0) is 27.2. The van der Waals surface area contributed by atoms with Crippen molar-refractivity contribution in [2.75, 3.05) is 31.0 Å². The molecule has 5 rings (SSSR count). The highest BCUT2D eigenvalue weighted by Gasteiger charge is 2.29. The number of pyridine rings is 1. The minimum Gasteiger partial charge on any atom is -0.464 e. The first-order chi connectivity index (χ1) is 19.0. The second-order valence-electron chi connectivity index (χ2n) is 9.94. The molecule has 0 saturated carbocycles. The number of fused-ring (bicyclic) bond motifs is 1. The lowest BCUT2D eigenvalue weighted by molar-refractivity contribution is -0.119. The summed E-state index contributed by atoms with van der Waals surface area (Å²) < 4.78 is 12.5. The standard InChI is InChI=1S/C31H34N4O4/c1-21-8-6-11-23(16-21)18-32-25-17-26-27(34-30(36)24-13-15-39-20-24)28(31(37)38-2)35(29(26)33-19-25)14-7-12-22-9-4-3-5-10-22/h3-6,8-11,16-17,19,24,32H,7,12-15,18,20H2,1-2H3,(H,34,36). The summed E-state index contributed by atoms with van der Waals surface area (Å²) in [7, 11) is 1.35. The predicted molar refractivity (Wildman–Crippen MR) is 152 cm³/mol. The molecule has 1 aliphatic heterocycles. The molecule has 1 saturated heterocycles. The molecule has 4 aromatic rings. The van der Waals surface area contributed by atoms with Gasteiger partial charge in [0.15, 0.2) is 5.69 Å². The molecule has 0 bridgehead atoms. The lowest BCUT2D eigenvalue weighted by atomic mass is 10.1. The van der Waals surface area contributed by atoms with Crippen LogP contribution in [0.25, 0.3) is 11.0 Å². The first kappa shape index (κ1) is 26.4. The molecule has 3 heterocycles. The molecule has 1 unspecified atom stereocenters. The third kappa shape index (κ3) is 6.12. The molecule has 1 atom stereocenters. The minimum atomic E-state index is -0.514. The van der Waals surface area contributed by atoms with E-state index in [1.165, 1.54) is 18.2 Å². The van der Waals surface area contributed by atoms with Crippen LogP contribution in [0.15, 0.2) is 66.9 Å². The van der Waals surface area contributed by atoms with Crippen LogP contribution in [0.4, 0.5) is 11.4 Å². The number of hydrogen-bond acceptors (Lipinski definition) is 6. The fraction of sp³-hybridized carbons (Fsp3) is 0.323. The van der Waals surface area contributed by atoms with E-state index in [1.54, 1.807) is 6.20 Å². The van der Waals surface area contributed by atoms with E-state index in [-0.39, 0.29) is 11.8 Å². The number of aryl methyl sites for hydroxylation is 3. The van der Waals surface area contributed by atoms with Crippen molar-refractivity contribution in [1.29, 1.82) is 0 Å². The largest absolute Gasteiger partial charge is 0.464 e. The van der Waals surface area contributed by atoms with Crippen molar-refractivity contribution in [2.45, 2.75) is 39.3 Å². The summed E-state index contributed by atoms with van der Waals surface area (Å²) >= 11 is 0. The van der Waals surface area contributed by atoms with Crippen molar-refractivity contribution >= 4 is 34.3 Å². The Hall–Kier alpha value is -4.17. The molecule has 2 aromatic carbocycles. The summed E-state index contributed by atoms with van der Waals surface area (Å²) in [6.07, 6.45) is 4.05. The highest BCUT2D eigenvalue weighted by Crippen LogP contribution is 2.34. The topological polar surface area (TPSA) is 94.5 Å². The molecule has 8 heteroatoms. The fourth-order valence-corrected chi connectivity index (χ4v) is 5.05. The van der Waals surface area contributed by atoms with E-state index in [9.17, 15) is 9.59 Å². The van der Waals surface area contributed by atoms with Crippen molar-refractivity contribution in [2.24, 2.45) is 5.92 Å². The summed E-state index contributed by atoms with van der Waals surface area (Å²) in [5.74, 6) is -0.943. The Labute approximate surface area is 228 Å². The highest BCUT2D eigenvalue weighted by atomic mass is 16.5. The van der Waals surface area contributed by atoms with Crippen molar-refractivity contribution < 1.29 is 19.1 Å². The average Bonchev–Trinajstić information content (AvgIpc) is 3.60. The number of nitrogens with one attached hydrogen (secondary N) is 2. The Morgan fingerprint density at radius 1 is 1.10 bits per heavy atom. The molecule has 1 fully saturated rings. The SMILES string of the molecule is COC(=O)c1c(NC(=O)C2CCOC2)c2cc(NCc3cccc(C)c3)cnc2n1CCCc1ccccc1. The van der Waals surface area contributed by atoms with E-state index >= 15 is 0 Å². The molecular formula is C31H34N4O4. The molecule has 1 aliphatic rings. The number of ether oxygens (including phenoxy) is 2. The number of hydrogen-bond donors (Lipinski definition) is 2. The number of aromatic nitrogens is 2. The van der Waals surface area contributed by atoms with Crippen molar-refractivity contribution in [3.63, 3.8) is 0 Å². The Morgan fingerprint density at radius 2 is 1.92 bits per heavy atom. The highest BCUT2D eigenvalue weighted by molar-refractivity contribution is 6.11. The minimum absolute atomic E-state index is 0.167. The van der Waals surface area contributed by atoms with E-state index in [1.807, 2.05) is 34.9 Å². The third-order valence-corrected chi connectivity index (χ3v) is 7.09. The number of nitrogens with zero attached hydrogens (tertiary/aromatic N) is 2. The number of rotatable bonds is 10. The van der Waals surface area contributed by atoms with Crippen LogP contribution >= 0.6 is 0 Å². The van der Waals surface area contributed by atoms with Gasteiger partial charge < -0.3 is 24.7 Å². The Morgan fingerprint density at radius 3 is 2.67 bits per heavy atom. The monoisotopic (exact) mass is 526 g/mol. The number of esters is 1. The summed E-state index contributed by atoms with van der Waals surface area (Å²) in [5, 5.41) is 7.16. The maximum atomic E-state index is 13.2. The molecule has 0 radical (unpaired) electrons. The molecule has 1 amide bonds. The summed E-state index contributed by atoms with van der Waals surface area (Å²) in [4.78, 5) is 31.1. The molecule has 0 spiro atoms. The van der Waals surface area contributed by atoms with Gasteiger partial charge in [0.2, 0.25) is 5.91 Å². The van der Waals surface area contributed by atoms with Gasteiger partial charge in [-0.25, -0.2) is 9.78 Å². The van der Waals surface area contributed by atoms with Crippen LogP contribution in [0.5, 0.6) is 0 Å². The van der Waals surface area contributed by atoms with Crippen molar-refractivity contribution in [1.82, 2.24) is 9.55 Å². The van der Waals surface area contributed by atoms with Gasteiger partial charge in [0, 0.05) is 25.1 Å². The molecular weight excluding hydrogens is 492 g/mol. The molecule has 2 N–H and O–H groups in total. The van der Waals surface area contributed by atoms with Gasteiger partial charge in [-0.1, -0.05) is 60.2 Å². The summed E-state index contributed by atoms with van der Waals surface area (Å²) in [5.41, 5.74) is 5.72. The molecule has 39 heavy (non-hydrogen) atoms. The molecule has 202 valence electrons. The zero-order valence-corrected chi connectivity index (χ0v) is 22.4. The van der Waals surface area contributed by atoms with E-state index in [4.69, 9.17) is 14.5 Å². The number of carbonyl (C=O) groups is 2. The second kappa shape index (κ2) is 12.1. The van der Waals surface area contributed by atoms with Gasteiger partial charge in [0.05, 0.1) is 37.2 Å². The summed E-state index contributed by atoms with van der Waals surface area (Å²) in [6.45, 7) is 4.16. The van der Waals surface area contributed by atoms with E-state index in [0.717, 1.165) is 24.1 Å². The first-order valence-corrected chi connectivity index (χ1v) is 13.4. The maximum Gasteiger partial charge on any atom is 0.356 e. The Kier molecular flexibility index (Phi) is 8.22. The second-order valence-corrected chi connectivity index (χ2v) is 9.94. The number of anilines is 2. The molecule has 0 aliphatic carbocycles. The number of amides is 1. The van der Waals surface area contributed by atoms with Crippen LogP contribution in [0.3, 0.4) is 0 Å². The van der Waals surface area contributed by atoms with Gasteiger partial charge in [0.1, 0.15) is 5.65 Å². The average molecular weight is 527 g/mol. The number of benzene rings is 2. The molecule has 8 nitrogen and oxygen atoms in total. The van der Waals surface area contributed by atoms with Gasteiger partial charge in [-0.3, -0.25) is 4.79 Å². The van der Waals surface area contributed by atoms with Gasteiger partial charge in [-0.15, -0.1) is 0 Å². The Balaban J connectivity index is 1.50. The maximum absolute atomic E-state index is 13.2. The number of carbonyl (C=O) groups excluding carboxylic acids is 2. The first-order valence-electron chi connectivity index (χ1n) is 13.4. The quantitative estimate of drug-likeness (QED) is 0.271. The van der Waals surface area contributed by atoms with Crippen LogP contribution < -0.4 is 10.6 Å². The smallest absolute Gasteiger partial charge is 0.356 e. The van der Waals surface area contributed by atoms with E-state index in [2.05, 4.69) is 47.9 Å². The van der Waals surface area contributed by atoms with Crippen LogP contribution in [0.2, 0.25) is 0 Å². The predicted octanol–water partition coefficient (Wildman–Crippen LogP) is 5.35. The summed E-state index contributed by atoms with van der Waals surface area (Å²) in [6, 6.07) is 20.5. The lowest BCUT2D eigenvalue weighted by Gasteiger charge is -2.12. The zero-order valence-electron chi connectivity index (χ0n) is 22.4. The van der Waals surface area contributed by atoms with Crippen LogP contribution in [0, 0.1) is 12.8 Å². The van der Waals surface area contributed by atoms with Gasteiger partial charge in [-0.05, 0) is 43.4 Å². The van der Waals surface area contributed by atoms with Crippen molar-refractivity contribution in [3.8, 4) is 0 Å². The van der Waals surface area contributed by atoms with Crippen molar-refractivity contribution in [3.05, 3.63) is 89.2 Å². The van der Waals surface area contributed by atoms with E-state index < -0.39 is 5.97 Å². The third-order valence-electron chi connectivity index (χ3n) is 7.09. The Bertz CT molecular complexity index is 1460. The van der Waals surface area contributed by atoms with Crippen LogP contribution in [-0.2, 0) is 33.8 Å². The number of methoxy groups -OCH3 is 1. The van der Waals surface area contributed by atoms with Gasteiger partial charge >= 0.3 is 5.97 Å². The molecule has 2 aromatic heterocycles. The van der Waals surface area contributed by atoms with Gasteiger partial charge in [-0.2, -0.15) is 0 Å².